The minimum atomic E-state index is 0.158. The maximum Gasteiger partial charge on any atom is 0.125 e. The van der Waals surface area contributed by atoms with Crippen molar-refractivity contribution >= 4 is 0 Å². The highest BCUT2D eigenvalue weighted by atomic mass is 16.5. The van der Waals surface area contributed by atoms with Crippen LogP contribution in [0.25, 0.3) is 0 Å². The third-order valence-electron chi connectivity index (χ3n) is 2.95. The van der Waals surface area contributed by atoms with Gasteiger partial charge >= 0.3 is 0 Å². The fourth-order valence-corrected chi connectivity index (χ4v) is 2.19. The van der Waals surface area contributed by atoms with E-state index in [1.54, 1.807) is 0 Å². The lowest BCUT2D eigenvalue weighted by Crippen LogP contribution is -2.36. The maximum atomic E-state index is 5.65. The van der Waals surface area contributed by atoms with Crippen LogP contribution in [0.5, 0.6) is 0 Å². The molecular weight excluding hydrogens is 176 g/mol. The molecule has 2 heterocycles. The molecule has 1 aliphatic carbocycles. The summed E-state index contributed by atoms with van der Waals surface area (Å²) < 4.78 is 5.65. The van der Waals surface area contributed by atoms with Crippen LogP contribution in [0.3, 0.4) is 0 Å². The van der Waals surface area contributed by atoms with Gasteiger partial charge in [0.1, 0.15) is 12.1 Å². The van der Waals surface area contributed by atoms with Crippen LogP contribution in [0.2, 0.25) is 0 Å². The molecule has 0 saturated heterocycles. The Labute approximate surface area is 82.9 Å². The fourth-order valence-electron chi connectivity index (χ4n) is 2.19. The van der Waals surface area contributed by atoms with Gasteiger partial charge in [0.25, 0.3) is 0 Å². The third kappa shape index (κ3) is 1.12. The first-order valence-corrected chi connectivity index (χ1v) is 5.01. The second kappa shape index (κ2) is 3.08. The lowest BCUT2D eigenvalue weighted by molar-refractivity contribution is 0.111. The van der Waals surface area contributed by atoms with Crippen LogP contribution >= 0.6 is 0 Å². The van der Waals surface area contributed by atoms with Gasteiger partial charge in [-0.2, -0.15) is 10.2 Å². The van der Waals surface area contributed by atoms with E-state index in [2.05, 4.69) is 28.5 Å². The average Bonchev–Trinajstić information content (AvgIpc) is 2.29. The summed E-state index contributed by atoms with van der Waals surface area (Å²) in [6.45, 7) is 0.808. The molecule has 3 unspecified atom stereocenters. The summed E-state index contributed by atoms with van der Waals surface area (Å²) in [6.07, 6.45) is 11.4. The molecule has 3 rings (SSSR count). The summed E-state index contributed by atoms with van der Waals surface area (Å²) in [5.74, 6) is 0.351. The second-order valence-electron chi connectivity index (χ2n) is 3.82. The van der Waals surface area contributed by atoms with Gasteiger partial charge < -0.3 is 4.74 Å². The van der Waals surface area contributed by atoms with Crippen LogP contribution in [0, 0.1) is 5.92 Å². The lowest BCUT2D eigenvalue weighted by Gasteiger charge is -2.35. The van der Waals surface area contributed by atoms with Crippen LogP contribution < -0.4 is 0 Å². The maximum absolute atomic E-state index is 5.65. The van der Waals surface area contributed by atoms with Crippen LogP contribution in [0.15, 0.2) is 46.4 Å². The Kier molecular flexibility index (Phi) is 1.76. The smallest absolute Gasteiger partial charge is 0.125 e. The predicted octanol–water partition coefficient (Wildman–Crippen LogP) is 2.24. The Bertz CT molecular complexity index is 354. The second-order valence-corrected chi connectivity index (χ2v) is 3.82. The molecule has 0 radical (unpaired) electrons. The van der Waals surface area contributed by atoms with Gasteiger partial charge in [-0.25, -0.2) is 0 Å². The molecule has 14 heavy (non-hydrogen) atoms. The van der Waals surface area contributed by atoms with Crippen molar-refractivity contribution in [3.63, 3.8) is 0 Å². The molecule has 0 bridgehead atoms. The van der Waals surface area contributed by atoms with E-state index in [0.29, 0.717) is 5.92 Å². The number of azo groups is 1. The Hall–Kier alpha value is -1.38. The zero-order valence-corrected chi connectivity index (χ0v) is 7.84. The first-order chi connectivity index (χ1) is 6.95. The monoisotopic (exact) mass is 188 g/mol. The lowest BCUT2D eigenvalue weighted by atomic mass is 9.83. The van der Waals surface area contributed by atoms with E-state index in [0.717, 1.165) is 13.0 Å². The summed E-state index contributed by atoms with van der Waals surface area (Å²) in [5, 5.41) is 8.45. The van der Waals surface area contributed by atoms with E-state index in [4.69, 9.17) is 4.74 Å². The first-order valence-electron chi connectivity index (χ1n) is 5.01. The Morgan fingerprint density at radius 2 is 2.21 bits per heavy atom. The molecule has 3 nitrogen and oxygen atoms in total. The summed E-state index contributed by atoms with van der Waals surface area (Å²) in [6, 6.07) is 0.226. The molecule has 0 aromatic rings. The molecule has 72 valence electrons. The summed E-state index contributed by atoms with van der Waals surface area (Å²) in [5.41, 5.74) is 1.29. The number of hydrogen-bond donors (Lipinski definition) is 0. The van der Waals surface area contributed by atoms with Crippen LogP contribution in [0.1, 0.15) is 6.42 Å². The van der Waals surface area contributed by atoms with Crippen LogP contribution in [0.4, 0.5) is 0 Å². The standard InChI is InChI=1S/C11H12N2O/c1-2-4-10-9(3-1)11-8(7-14-10)5-6-12-13-11/h1-4,7,9-11H,5-6H2. The SMILES string of the molecule is C1=CC2OC=C3CCN=NC3C2C=C1. The largest absolute Gasteiger partial charge is 0.493 e. The van der Waals surface area contributed by atoms with Crippen molar-refractivity contribution in [3.05, 3.63) is 36.1 Å². The molecule has 0 aromatic heterocycles. The molecule has 0 N–H and O–H groups in total. The molecule has 0 saturated carbocycles. The highest BCUT2D eigenvalue weighted by Gasteiger charge is 2.35. The van der Waals surface area contributed by atoms with E-state index < -0.39 is 0 Å². The van der Waals surface area contributed by atoms with E-state index in [1.165, 1.54) is 5.57 Å². The van der Waals surface area contributed by atoms with Crippen molar-refractivity contribution in [3.8, 4) is 0 Å². The molecule has 0 spiro atoms. The summed E-state index contributed by atoms with van der Waals surface area (Å²) >= 11 is 0. The zero-order valence-electron chi connectivity index (χ0n) is 7.84. The van der Waals surface area contributed by atoms with Gasteiger partial charge in [-0.05, 0) is 18.1 Å². The highest BCUT2D eigenvalue weighted by molar-refractivity contribution is 5.26. The van der Waals surface area contributed by atoms with Crippen molar-refractivity contribution < 1.29 is 4.74 Å². The predicted molar refractivity (Wildman–Crippen MR) is 52.9 cm³/mol. The van der Waals surface area contributed by atoms with Gasteiger partial charge in [-0.15, -0.1) is 0 Å². The Morgan fingerprint density at radius 1 is 1.29 bits per heavy atom. The van der Waals surface area contributed by atoms with Crippen molar-refractivity contribution in [2.75, 3.05) is 6.54 Å². The summed E-state index contributed by atoms with van der Waals surface area (Å²) in [7, 11) is 0. The fraction of sp³-hybridized carbons (Fsp3) is 0.455. The number of ether oxygens (including phenoxy) is 1. The van der Waals surface area contributed by atoms with Gasteiger partial charge in [0.2, 0.25) is 0 Å². The molecule has 0 aromatic carbocycles. The number of nitrogens with zero attached hydrogens (tertiary/aromatic N) is 2. The van der Waals surface area contributed by atoms with Gasteiger partial charge in [0, 0.05) is 5.92 Å². The number of hydrogen-bond acceptors (Lipinski definition) is 3. The average molecular weight is 188 g/mol. The quantitative estimate of drug-likeness (QED) is 0.574. The van der Waals surface area contributed by atoms with Crippen molar-refractivity contribution in [2.24, 2.45) is 16.1 Å². The molecule has 0 fully saturated rings. The van der Waals surface area contributed by atoms with Crippen molar-refractivity contribution in [1.82, 2.24) is 0 Å². The van der Waals surface area contributed by atoms with E-state index in [9.17, 15) is 0 Å². The first kappa shape index (κ1) is 7.97. The minimum Gasteiger partial charge on any atom is -0.493 e. The van der Waals surface area contributed by atoms with Crippen LogP contribution in [-0.2, 0) is 4.74 Å². The third-order valence-corrected chi connectivity index (χ3v) is 2.95. The van der Waals surface area contributed by atoms with Gasteiger partial charge in [0.05, 0.1) is 12.8 Å². The van der Waals surface area contributed by atoms with Gasteiger partial charge in [-0.3, -0.25) is 0 Å². The Morgan fingerprint density at radius 3 is 3.21 bits per heavy atom. The topological polar surface area (TPSA) is 34.0 Å². The van der Waals surface area contributed by atoms with E-state index in [-0.39, 0.29) is 12.1 Å². The molecule has 3 atom stereocenters. The molecule has 2 aliphatic heterocycles. The molecule has 0 amide bonds. The minimum absolute atomic E-state index is 0.158. The van der Waals surface area contributed by atoms with Gasteiger partial charge in [-0.1, -0.05) is 18.2 Å². The molecular formula is C11H12N2O. The van der Waals surface area contributed by atoms with Gasteiger partial charge in [0.15, 0.2) is 0 Å². The molecule has 3 aliphatic rings. The summed E-state index contributed by atoms with van der Waals surface area (Å²) in [4.78, 5) is 0. The normalized spacial score (nSPS) is 38.3. The Balaban J connectivity index is 1.97. The molecule has 3 heteroatoms. The zero-order chi connectivity index (χ0) is 9.38. The van der Waals surface area contributed by atoms with Crippen molar-refractivity contribution in [2.45, 2.75) is 18.6 Å². The highest BCUT2D eigenvalue weighted by Crippen LogP contribution is 2.34. The van der Waals surface area contributed by atoms with Crippen LogP contribution in [-0.4, -0.2) is 18.7 Å². The number of rotatable bonds is 0. The van der Waals surface area contributed by atoms with E-state index >= 15 is 0 Å². The number of fused-ring (bicyclic) bond motifs is 3. The number of allylic oxidation sites excluding steroid dienone is 2. The van der Waals surface area contributed by atoms with E-state index in [1.807, 2.05) is 12.3 Å². The van der Waals surface area contributed by atoms with Crippen molar-refractivity contribution in [1.29, 1.82) is 0 Å².